The molecule has 0 saturated carbocycles. The molecule has 0 radical (unpaired) electrons. The molecule has 1 aliphatic heterocycles. The predicted octanol–water partition coefficient (Wildman–Crippen LogP) is 3.09. The van der Waals surface area contributed by atoms with Gasteiger partial charge in [0.05, 0.1) is 25.4 Å². The molecule has 2 aromatic carbocycles. The number of aldehydes is 1. The topological polar surface area (TPSA) is 96.9 Å². The van der Waals surface area contributed by atoms with Crippen LogP contribution in [-0.4, -0.2) is 76.9 Å². The van der Waals surface area contributed by atoms with Crippen LogP contribution in [0, 0.1) is 0 Å². The van der Waals surface area contributed by atoms with Gasteiger partial charge in [0, 0.05) is 39.8 Å². The molecule has 1 saturated heterocycles. The fourth-order valence-corrected chi connectivity index (χ4v) is 5.11. The number of likely N-dealkylation sites (tertiary alicyclic amines) is 1. The molecule has 10 heteroatoms. The van der Waals surface area contributed by atoms with Crippen LogP contribution in [0.4, 0.5) is 4.79 Å². The molecule has 4 rings (SSSR count). The number of ether oxygens (including phenoxy) is 2. The summed E-state index contributed by atoms with van der Waals surface area (Å²) in [6, 6.07) is 13.3. The summed E-state index contributed by atoms with van der Waals surface area (Å²) in [5, 5.41) is 2.97. The number of carbonyl (C=O) groups excluding carboxylic acids is 2. The number of nitrogens with one attached hydrogen (secondary N) is 1. The average Bonchev–Trinajstić information content (AvgIpc) is 3.39. The van der Waals surface area contributed by atoms with Gasteiger partial charge in [-0.3, -0.25) is 4.90 Å². The minimum absolute atomic E-state index is 0.274. The Kier molecular flexibility index (Phi) is 8.27. The molecule has 0 spiro atoms. The maximum Gasteiger partial charge on any atom is 0.318 e. The number of fused-ring (bicyclic) bond motifs is 1. The highest BCUT2D eigenvalue weighted by molar-refractivity contribution is 7.00. The van der Waals surface area contributed by atoms with Gasteiger partial charge in [-0.1, -0.05) is 24.3 Å². The SMILES string of the molecule is COCCN(C(=O)NCc1cccc(OC)c1)C1(C=O)CCN(Cc2cccc3nsnc23)CC1. The zero-order valence-electron chi connectivity index (χ0n) is 20.1. The van der Waals surface area contributed by atoms with Gasteiger partial charge in [0.1, 0.15) is 28.6 Å². The highest BCUT2D eigenvalue weighted by Crippen LogP contribution is 2.29. The van der Waals surface area contributed by atoms with E-state index in [4.69, 9.17) is 9.47 Å². The molecule has 0 aliphatic carbocycles. The van der Waals surface area contributed by atoms with Crippen molar-refractivity contribution in [3.8, 4) is 5.75 Å². The minimum Gasteiger partial charge on any atom is -0.497 e. The third-order valence-electron chi connectivity index (χ3n) is 6.58. The molecule has 2 heterocycles. The third-order valence-corrected chi connectivity index (χ3v) is 7.13. The van der Waals surface area contributed by atoms with E-state index in [0.29, 0.717) is 45.6 Å². The second-order valence-corrected chi connectivity index (χ2v) is 9.23. The normalized spacial score (nSPS) is 15.6. The summed E-state index contributed by atoms with van der Waals surface area (Å²) in [4.78, 5) is 29.7. The van der Waals surface area contributed by atoms with Crippen molar-refractivity contribution < 1.29 is 19.1 Å². The van der Waals surface area contributed by atoms with E-state index in [0.717, 1.165) is 40.7 Å². The van der Waals surface area contributed by atoms with Gasteiger partial charge < -0.3 is 24.5 Å². The molecule has 0 unspecified atom stereocenters. The van der Waals surface area contributed by atoms with Gasteiger partial charge in [-0.25, -0.2) is 4.79 Å². The molecule has 1 N–H and O–H groups in total. The van der Waals surface area contributed by atoms with Crippen molar-refractivity contribution in [2.75, 3.05) is 40.5 Å². The number of urea groups is 1. The number of piperidine rings is 1. The van der Waals surface area contributed by atoms with Crippen LogP contribution in [0.1, 0.15) is 24.0 Å². The highest BCUT2D eigenvalue weighted by atomic mass is 32.1. The Labute approximate surface area is 209 Å². The van der Waals surface area contributed by atoms with Crippen LogP contribution in [0.2, 0.25) is 0 Å². The molecule has 1 aromatic heterocycles. The minimum atomic E-state index is -0.873. The summed E-state index contributed by atoms with van der Waals surface area (Å²) in [6.45, 7) is 3.15. The van der Waals surface area contributed by atoms with Gasteiger partial charge in [-0.2, -0.15) is 8.75 Å². The number of methoxy groups -OCH3 is 2. The van der Waals surface area contributed by atoms with Crippen LogP contribution in [0.5, 0.6) is 5.75 Å². The standard InChI is InChI=1S/C25H31N5O4S/c1-33-14-13-30(24(32)26-16-19-5-3-7-21(15-19)34-2)25(18-31)9-11-29(12-10-25)17-20-6-4-8-22-23(20)28-35-27-22/h3-8,15,18H,9-14,16-17H2,1-2H3,(H,26,32). The summed E-state index contributed by atoms with van der Waals surface area (Å²) in [5.41, 5.74) is 3.02. The average molecular weight is 498 g/mol. The number of hydrogen-bond donors (Lipinski definition) is 1. The number of aromatic nitrogens is 2. The van der Waals surface area contributed by atoms with Crippen molar-refractivity contribution >= 4 is 35.1 Å². The van der Waals surface area contributed by atoms with E-state index in [1.54, 1.807) is 19.1 Å². The van der Waals surface area contributed by atoms with E-state index in [9.17, 15) is 9.59 Å². The summed E-state index contributed by atoms with van der Waals surface area (Å²) in [6.07, 6.45) is 2.05. The predicted molar refractivity (Wildman–Crippen MR) is 135 cm³/mol. The van der Waals surface area contributed by atoms with Gasteiger partial charge in [-0.15, -0.1) is 0 Å². The Bertz CT molecular complexity index is 1150. The first-order valence-corrected chi connectivity index (χ1v) is 12.4. The lowest BCUT2D eigenvalue weighted by molar-refractivity contribution is -0.120. The summed E-state index contributed by atoms with van der Waals surface area (Å²) in [5.74, 6) is 0.730. The maximum absolute atomic E-state index is 13.3. The van der Waals surface area contributed by atoms with Crippen molar-refractivity contribution in [1.29, 1.82) is 0 Å². The lowest BCUT2D eigenvalue weighted by Gasteiger charge is -2.45. The Morgan fingerprint density at radius 2 is 2.00 bits per heavy atom. The number of carbonyl (C=O) groups is 2. The van der Waals surface area contributed by atoms with Crippen molar-refractivity contribution in [1.82, 2.24) is 23.9 Å². The smallest absolute Gasteiger partial charge is 0.318 e. The van der Waals surface area contributed by atoms with E-state index in [2.05, 4.69) is 25.0 Å². The van der Waals surface area contributed by atoms with Crippen molar-refractivity contribution in [3.05, 3.63) is 53.6 Å². The molecule has 186 valence electrons. The Hall–Kier alpha value is -3.08. The second-order valence-electron chi connectivity index (χ2n) is 8.70. The van der Waals surface area contributed by atoms with Gasteiger partial charge in [0.2, 0.25) is 0 Å². The first kappa shape index (κ1) is 25.0. The molecule has 1 fully saturated rings. The van der Waals surface area contributed by atoms with Gasteiger partial charge in [-0.05, 0) is 42.2 Å². The summed E-state index contributed by atoms with van der Waals surface area (Å²) >= 11 is 1.22. The zero-order valence-corrected chi connectivity index (χ0v) is 20.9. The highest BCUT2D eigenvalue weighted by Gasteiger charge is 2.42. The van der Waals surface area contributed by atoms with Crippen LogP contribution in [0.3, 0.4) is 0 Å². The molecule has 2 amide bonds. The van der Waals surface area contributed by atoms with Crippen molar-refractivity contribution in [2.24, 2.45) is 0 Å². The molecule has 1 aliphatic rings. The first-order chi connectivity index (χ1) is 17.1. The monoisotopic (exact) mass is 497 g/mol. The van der Waals surface area contributed by atoms with Crippen molar-refractivity contribution in [3.63, 3.8) is 0 Å². The van der Waals surface area contributed by atoms with Crippen LogP contribution >= 0.6 is 11.7 Å². The Morgan fingerprint density at radius 3 is 2.74 bits per heavy atom. The van der Waals surface area contributed by atoms with E-state index in [1.165, 1.54) is 11.7 Å². The lowest BCUT2D eigenvalue weighted by atomic mass is 9.86. The lowest BCUT2D eigenvalue weighted by Crippen LogP contribution is -2.61. The second kappa shape index (κ2) is 11.6. The van der Waals surface area contributed by atoms with E-state index < -0.39 is 5.54 Å². The molecule has 9 nitrogen and oxygen atoms in total. The number of benzene rings is 2. The van der Waals surface area contributed by atoms with E-state index >= 15 is 0 Å². The van der Waals surface area contributed by atoms with Gasteiger partial charge in [0.25, 0.3) is 0 Å². The fourth-order valence-electron chi connectivity index (χ4n) is 4.54. The van der Waals surface area contributed by atoms with Crippen LogP contribution < -0.4 is 10.1 Å². The summed E-state index contributed by atoms with van der Waals surface area (Å²) in [7, 11) is 3.20. The molecular weight excluding hydrogens is 466 g/mol. The zero-order chi connectivity index (χ0) is 24.7. The number of amides is 2. The van der Waals surface area contributed by atoms with Gasteiger partial charge in [0.15, 0.2) is 0 Å². The molecule has 3 aromatic rings. The van der Waals surface area contributed by atoms with Gasteiger partial charge >= 0.3 is 6.03 Å². The van der Waals surface area contributed by atoms with Crippen LogP contribution in [0.15, 0.2) is 42.5 Å². The number of nitrogens with zero attached hydrogens (tertiary/aromatic N) is 4. The molecular formula is C25H31N5O4S. The molecule has 0 atom stereocenters. The Balaban J connectivity index is 1.43. The molecule has 0 bridgehead atoms. The fraction of sp³-hybridized carbons (Fsp3) is 0.440. The largest absolute Gasteiger partial charge is 0.497 e. The van der Waals surface area contributed by atoms with E-state index in [1.807, 2.05) is 36.4 Å². The maximum atomic E-state index is 13.3. The molecule has 35 heavy (non-hydrogen) atoms. The first-order valence-electron chi connectivity index (χ1n) is 11.6. The van der Waals surface area contributed by atoms with E-state index in [-0.39, 0.29) is 6.03 Å². The summed E-state index contributed by atoms with van der Waals surface area (Å²) < 4.78 is 19.3. The van der Waals surface area contributed by atoms with Crippen LogP contribution in [-0.2, 0) is 22.6 Å². The number of rotatable bonds is 10. The van der Waals surface area contributed by atoms with Crippen molar-refractivity contribution in [2.45, 2.75) is 31.5 Å². The Morgan fingerprint density at radius 1 is 1.20 bits per heavy atom. The number of hydrogen-bond acceptors (Lipinski definition) is 8. The third kappa shape index (κ3) is 5.77. The quantitative estimate of drug-likeness (QED) is 0.430. The van der Waals surface area contributed by atoms with Crippen LogP contribution in [0.25, 0.3) is 11.0 Å².